The van der Waals surface area contributed by atoms with Crippen molar-refractivity contribution in [3.63, 3.8) is 0 Å². The molecule has 0 radical (unpaired) electrons. The van der Waals surface area contributed by atoms with E-state index in [1.165, 1.54) is 0 Å². The summed E-state index contributed by atoms with van der Waals surface area (Å²) in [5, 5.41) is 7.63. The monoisotopic (exact) mass is 341 g/mol. The molecule has 6 heteroatoms. The van der Waals surface area contributed by atoms with Crippen molar-refractivity contribution < 1.29 is 4.79 Å². The molecule has 0 saturated carbocycles. The summed E-state index contributed by atoms with van der Waals surface area (Å²) in [6, 6.07) is 7.18. The van der Waals surface area contributed by atoms with Gasteiger partial charge in [0.05, 0.1) is 11.4 Å². The molecule has 0 saturated heterocycles. The van der Waals surface area contributed by atoms with Gasteiger partial charge in [-0.1, -0.05) is 11.6 Å². The van der Waals surface area contributed by atoms with Gasteiger partial charge < -0.3 is 5.32 Å². The Morgan fingerprint density at radius 1 is 1.42 bits per heavy atom. The van der Waals surface area contributed by atoms with Gasteiger partial charge in [0.1, 0.15) is 6.54 Å². The Morgan fingerprint density at radius 2 is 2.16 bits per heavy atom. The van der Waals surface area contributed by atoms with Crippen LogP contribution in [0.25, 0.3) is 0 Å². The molecule has 1 heterocycles. The number of amides is 1. The van der Waals surface area contributed by atoms with E-state index < -0.39 is 0 Å². The second kappa shape index (κ2) is 5.75. The number of carbonyl (C=O) groups is 1. The van der Waals surface area contributed by atoms with Gasteiger partial charge in [-0.05, 0) is 54.0 Å². The molecule has 1 aromatic carbocycles. The van der Waals surface area contributed by atoms with Crippen molar-refractivity contribution in [1.82, 2.24) is 9.78 Å². The Morgan fingerprint density at radius 3 is 2.79 bits per heavy atom. The zero-order valence-electron chi connectivity index (χ0n) is 10.6. The lowest BCUT2D eigenvalue weighted by Crippen LogP contribution is -2.20. The van der Waals surface area contributed by atoms with E-state index in [9.17, 15) is 4.79 Å². The van der Waals surface area contributed by atoms with Crippen molar-refractivity contribution in [2.24, 2.45) is 0 Å². The minimum absolute atomic E-state index is 0.144. The zero-order chi connectivity index (χ0) is 14.0. The highest BCUT2D eigenvalue weighted by molar-refractivity contribution is 9.10. The second-order valence-electron chi connectivity index (χ2n) is 4.26. The fourth-order valence-corrected chi connectivity index (χ4v) is 2.27. The number of benzene rings is 1. The van der Waals surface area contributed by atoms with E-state index in [1.54, 1.807) is 22.9 Å². The first kappa shape index (κ1) is 14.1. The van der Waals surface area contributed by atoms with Crippen LogP contribution in [0.5, 0.6) is 0 Å². The molecule has 0 spiro atoms. The summed E-state index contributed by atoms with van der Waals surface area (Å²) in [4.78, 5) is 12.0. The molecule has 0 fully saturated rings. The number of hydrogen-bond donors (Lipinski definition) is 1. The molecule has 19 heavy (non-hydrogen) atoms. The highest BCUT2D eigenvalue weighted by Gasteiger charge is 2.09. The second-order valence-corrected chi connectivity index (χ2v) is 5.55. The van der Waals surface area contributed by atoms with Gasteiger partial charge in [-0.2, -0.15) is 5.10 Å². The van der Waals surface area contributed by atoms with Crippen LogP contribution < -0.4 is 5.32 Å². The van der Waals surface area contributed by atoms with E-state index >= 15 is 0 Å². The van der Waals surface area contributed by atoms with Crippen LogP contribution in [0.4, 0.5) is 5.69 Å². The number of anilines is 1. The van der Waals surface area contributed by atoms with E-state index in [4.69, 9.17) is 11.6 Å². The van der Waals surface area contributed by atoms with E-state index in [1.807, 2.05) is 19.9 Å². The zero-order valence-corrected chi connectivity index (χ0v) is 12.9. The summed E-state index contributed by atoms with van der Waals surface area (Å²) in [5.41, 5.74) is 2.51. The van der Waals surface area contributed by atoms with Crippen molar-refractivity contribution in [3.05, 3.63) is 45.1 Å². The van der Waals surface area contributed by atoms with Crippen molar-refractivity contribution in [3.8, 4) is 0 Å². The smallest absolute Gasteiger partial charge is 0.246 e. The van der Waals surface area contributed by atoms with Crippen LogP contribution in [0.1, 0.15) is 11.4 Å². The average molecular weight is 343 g/mol. The molecule has 4 nitrogen and oxygen atoms in total. The molecule has 1 N–H and O–H groups in total. The molecule has 0 aliphatic heterocycles. The van der Waals surface area contributed by atoms with E-state index in [0.717, 1.165) is 15.9 Å². The third-order valence-electron chi connectivity index (χ3n) is 2.60. The fraction of sp³-hybridized carbons (Fsp3) is 0.231. The van der Waals surface area contributed by atoms with E-state index in [-0.39, 0.29) is 12.5 Å². The highest BCUT2D eigenvalue weighted by Crippen LogP contribution is 2.25. The van der Waals surface area contributed by atoms with Crippen molar-refractivity contribution in [1.29, 1.82) is 0 Å². The molecule has 0 aliphatic carbocycles. The maximum absolute atomic E-state index is 12.0. The Labute approximate surface area is 124 Å². The normalized spacial score (nSPS) is 10.5. The van der Waals surface area contributed by atoms with Crippen molar-refractivity contribution in [2.75, 3.05) is 5.32 Å². The molecule has 0 bridgehead atoms. The van der Waals surface area contributed by atoms with Gasteiger partial charge in [0, 0.05) is 15.2 Å². The molecule has 0 atom stereocenters. The van der Waals surface area contributed by atoms with Crippen LogP contribution in [0, 0.1) is 13.8 Å². The van der Waals surface area contributed by atoms with Gasteiger partial charge in [0.25, 0.3) is 0 Å². The molecule has 2 rings (SSSR count). The fourth-order valence-electron chi connectivity index (χ4n) is 1.75. The number of halogens is 2. The van der Waals surface area contributed by atoms with Crippen molar-refractivity contribution in [2.45, 2.75) is 20.4 Å². The summed E-state index contributed by atoms with van der Waals surface area (Å²) >= 11 is 9.27. The molecule has 2 aromatic rings. The van der Waals surface area contributed by atoms with Crippen LogP contribution >= 0.6 is 27.5 Å². The van der Waals surface area contributed by atoms with Crippen LogP contribution in [0.2, 0.25) is 5.02 Å². The minimum atomic E-state index is -0.144. The topological polar surface area (TPSA) is 46.9 Å². The Balaban J connectivity index is 2.09. The predicted molar refractivity (Wildman–Crippen MR) is 79.5 cm³/mol. The summed E-state index contributed by atoms with van der Waals surface area (Å²) in [5.74, 6) is -0.144. The summed E-state index contributed by atoms with van der Waals surface area (Å²) < 4.78 is 2.46. The summed E-state index contributed by atoms with van der Waals surface area (Å²) in [6.45, 7) is 4.00. The van der Waals surface area contributed by atoms with Crippen molar-refractivity contribution >= 4 is 39.1 Å². The van der Waals surface area contributed by atoms with Gasteiger partial charge in [-0.25, -0.2) is 0 Å². The van der Waals surface area contributed by atoms with Crippen LogP contribution in [-0.2, 0) is 11.3 Å². The van der Waals surface area contributed by atoms with Gasteiger partial charge in [-0.3, -0.25) is 9.48 Å². The van der Waals surface area contributed by atoms with Gasteiger partial charge >= 0.3 is 0 Å². The maximum atomic E-state index is 12.0. The summed E-state index contributed by atoms with van der Waals surface area (Å²) in [7, 11) is 0. The first-order valence-corrected chi connectivity index (χ1v) is 6.89. The number of nitrogens with zero attached hydrogens (tertiary/aromatic N) is 2. The van der Waals surface area contributed by atoms with Crippen LogP contribution in [-0.4, -0.2) is 15.7 Å². The lowest BCUT2D eigenvalue weighted by Gasteiger charge is -2.09. The molecule has 0 unspecified atom stereocenters. The maximum Gasteiger partial charge on any atom is 0.246 e. The number of aromatic nitrogens is 2. The third kappa shape index (κ3) is 3.58. The average Bonchev–Trinajstić information content (AvgIpc) is 2.62. The molecular formula is C13H13BrClN3O. The standard InChI is InChI=1S/C13H13BrClN3O/c1-8-5-9(2)18(17-8)7-13(19)16-12-6-10(15)3-4-11(12)14/h3-6H,7H2,1-2H3,(H,16,19). The quantitative estimate of drug-likeness (QED) is 0.927. The van der Waals surface area contributed by atoms with Crippen LogP contribution in [0.15, 0.2) is 28.7 Å². The van der Waals surface area contributed by atoms with Gasteiger partial charge in [-0.15, -0.1) is 0 Å². The first-order valence-electron chi connectivity index (χ1n) is 5.71. The molecular weight excluding hydrogens is 330 g/mol. The highest BCUT2D eigenvalue weighted by atomic mass is 79.9. The number of hydrogen-bond acceptors (Lipinski definition) is 2. The number of rotatable bonds is 3. The molecule has 0 aliphatic rings. The summed E-state index contributed by atoms with van der Waals surface area (Å²) in [6.07, 6.45) is 0. The SMILES string of the molecule is Cc1cc(C)n(CC(=O)Nc2cc(Cl)ccc2Br)n1. The Kier molecular flexibility index (Phi) is 4.27. The first-order chi connectivity index (χ1) is 8.95. The Bertz CT molecular complexity index is 624. The predicted octanol–water partition coefficient (Wildman–Crippen LogP) is 3.55. The van der Waals surface area contributed by atoms with Crippen LogP contribution in [0.3, 0.4) is 0 Å². The number of carbonyl (C=O) groups excluding carboxylic acids is 1. The van der Waals surface area contributed by atoms with E-state index in [0.29, 0.717) is 10.7 Å². The minimum Gasteiger partial charge on any atom is -0.323 e. The van der Waals surface area contributed by atoms with Gasteiger partial charge in [0.2, 0.25) is 5.91 Å². The third-order valence-corrected chi connectivity index (χ3v) is 3.53. The Hall–Kier alpha value is -1.33. The van der Waals surface area contributed by atoms with Gasteiger partial charge in [0.15, 0.2) is 0 Å². The number of aryl methyl sites for hydroxylation is 2. The molecule has 1 aromatic heterocycles. The number of nitrogens with one attached hydrogen (secondary N) is 1. The van der Waals surface area contributed by atoms with E-state index in [2.05, 4.69) is 26.3 Å². The molecule has 100 valence electrons. The lowest BCUT2D eigenvalue weighted by atomic mass is 10.3. The lowest BCUT2D eigenvalue weighted by molar-refractivity contribution is -0.116. The molecule has 1 amide bonds. The largest absolute Gasteiger partial charge is 0.323 e.